The summed E-state index contributed by atoms with van der Waals surface area (Å²) in [6, 6.07) is -5.39. The second kappa shape index (κ2) is 22.9. The maximum absolute atomic E-state index is 12.9. The second-order valence-electron chi connectivity index (χ2n) is 10.2. The smallest absolute Gasteiger partial charge is 0.391 e. The van der Waals surface area contributed by atoms with Crippen molar-refractivity contribution in [3.63, 3.8) is 0 Å². The molecule has 0 bridgehead atoms. The van der Waals surface area contributed by atoms with E-state index in [2.05, 4.69) is 36.4 Å². The molecule has 0 aliphatic rings. The van der Waals surface area contributed by atoms with Crippen LogP contribution in [-0.4, -0.2) is 120 Å². The summed E-state index contributed by atoms with van der Waals surface area (Å²) >= 11 is 0. The largest absolute Gasteiger partial charge is 0.469 e. The first-order chi connectivity index (χ1) is 21.5. The monoisotopic (exact) mass is 682 g/mol. The predicted molar refractivity (Wildman–Crippen MR) is 161 cm³/mol. The standard InChI is InChI=1S/C25H47N8O12P/c1-15(35)22(25(41)30-11-20(37)29-12-21(38)31-17(13-34)7-3-5-9-26)33-24(40)19(14-45-46(42,43)44)32-23(39)18(27)8-4-6-10-28-16(2)36/h13,15,17-19,22,35H,3-12,14,26-27H2,1-2H3,(H,28,36)(H,29,37)(H,30,41)(H,31,38)(H,32,39)(H,33,40)(H2,42,43,44)/t15-,17+,18+,19+,22+/m1/s1. The van der Waals surface area contributed by atoms with Crippen molar-refractivity contribution < 1.29 is 57.5 Å². The van der Waals surface area contributed by atoms with Crippen LogP contribution in [0.25, 0.3) is 0 Å². The van der Waals surface area contributed by atoms with Crippen LogP contribution in [0.2, 0.25) is 0 Å². The fraction of sp³-hybridized carbons (Fsp3) is 0.720. The van der Waals surface area contributed by atoms with Gasteiger partial charge in [-0.15, -0.1) is 0 Å². The Labute approximate surface area is 266 Å². The Balaban J connectivity index is 5.12. The first kappa shape index (κ1) is 42.5. The van der Waals surface area contributed by atoms with Gasteiger partial charge in [0, 0.05) is 13.5 Å². The molecule has 46 heavy (non-hydrogen) atoms. The highest BCUT2D eigenvalue weighted by molar-refractivity contribution is 7.46. The molecule has 0 aromatic heterocycles. The number of nitrogens with one attached hydrogen (secondary N) is 6. The van der Waals surface area contributed by atoms with Crippen LogP contribution in [-0.2, 0) is 42.7 Å². The van der Waals surface area contributed by atoms with Crippen LogP contribution in [0.1, 0.15) is 52.4 Å². The summed E-state index contributed by atoms with van der Waals surface area (Å²) in [5.74, 6) is -4.83. The van der Waals surface area contributed by atoms with Gasteiger partial charge < -0.3 is 63.1 Å². The number of nitrogens with two attached hydrogens (primary N) is 2. The lowest BCUT2D eigenvalue weighted by Gasteiger charge is -2.25. The van der Waals surface area contributed by atoms with Crippen molar-refractivity contribution in [2.75, 3.05) is 32.8 Å². The third-order valence-corrected chi connectivity index (χ3v) is 6.59. The number of aliphatic hydroxyl groups is 1. The third kappa shape index (κ3) is 20.5. The van der Waals surface area contributed by atoms with Crippen molar-refractivity contribution in [1.82, 2.24) is 31.9 Å². The highest BCUT2D eigenvalue weighted by atomic mass is 31.2. The van der Waals surface area contributed by atoms with E-state index in [1.807, 2.05) is 0 Å². The molecule has 20 nitrogen and oxygen atoms in total. The van der Waals surface area contributed by atoms with E-state index in [4.69, 9.17) is 21.3 Å². The predicted octanol–water partition coefficient (Wildman–Crippen LogP) is -4.88. The lowest BCUT2D eigenvalue weighted by Crippen LogP contribution is -2.60. The summed E-state index contributed by atoms with van der Waals surface area (Å²) in [5.41, 5.74) is 11.2. The van der Waals surface area contributed by atoms with Gasteiger partial charge in [-0.05, 0) is 52.0 Å². The van der Waals surface area contributed by atoms with Crippen LogP contribution in [0.4, 0.5) is 0 Å². The quantitative estimate of drug-likeness (QED) is 0.0258. The highest BCUT2D eigenvalue weighted by Gasteiger charge is 2.32. The van der Waals surface area contributed by atoms with Crippen molar-refractivity contribution in [1.29, 1.82) is 0 Å². The number of phosphoric ester groups is 1. The van der Waals surface area contributed by atoms with Gasteiger partial charge in [-0.2, -0.15) is 0 Å². The molecule has 6 amide bonds. The van der Waals surface area contributed by atoms with Crippen LogP contribution in [0.3, 0.4) is 0 Å². The molecule has 0 aliphatic carbocycles. The van der Waals surface area contributed by atoms with Crippen LogP contribution in [0.5, 0.6) is 0 Å². The minimum Gasteiger partial charge on any atom is -0.391 e. The Hall–Kier alpha value is -3.52. The molecule has 0 saturated heterocycles. The van der Waals surface area contributed by atoms with Crippen molar-refractivity contribution in [3.8, 4) is 0 Å². The lowest BCUT2D eigenvalue weighted by molar-refractivity contribution is -0.135. The van der Waals surface area contributed by atoms with E-state index in [9.17, 15) is 43.2 Å². The van der Waals surface area contributed by atoms with Gasteiger partial charge in [0.2, 0.25) is 35.4 Å². The van der Waals surface area contributed by atoms with Gasteiger partial charge in [0.05, 0.1) is 37.9 Å². The number of phosphoric acid groups is 1. The summed E-state index contributed by atoms with van der Waals surface area (Å²) in [7, 11) is -5.10. The van der Waals surface area contributed by atoms with Crippen molar-refractivity contribution in [2.24, 2.45) is 11.5 Å². The zero-order valence-corrected chi connectivity index (χ0v) is 26.8. The van der Waals surface area contributed by atoms with Crippen LogP contribution in [0, 0.1) is 0 Å². The van der Waals surface area contributed by atoms with Gasteiger partial charge in [0.15, 0.2) is 0 Å². The number of amides is 6. The first-order valence-electron chi connectivity index (χ1n) is 14.5. The van der Waals surface area contributed by atoms with Gasteiger partial charge in [-0.25, -0.2) is 4.57 Å². The Morgan fingerprint density at radius 3 is 2.04 bits per heavy atom. The minimum absolute atomic E-state index is 0.133. The van der Waals surface area contributed by atoms with Crippen LogP contribution >= 0.6 is 7.82 Å². The van der Waals surface area contributed by atoms with Gasteiger partial charge >= 0.3 is 7.82 Å². The van der Waals surface area contributed by atoms with E-state index in [-0.39, 0.29) is 12.3 Å². The Morgan fingerprint density at radius 2 is 1.48 bits per heavy atom. The molecule has 0 saturated carbocycles. The molecule has 264 valence electrons. The molecule has 0 radical (unpaired) electrons. The van der Waals surface area contributed by atoms with E-state index < -0.39 is 87.3 Å². The Bertz CT molecular complexity index is 1070. The number of unbranched alkanes of at least 4 members (excludes halogenated alkanes) is 2. The molecule has 21 heteroatoms. The average Bonchev–Trinajstić information content (AvgIpc) is 2.97. The van der Waals surface area contributed by atoms with Gasteiger partial charge in [0.25, 0.3) is 0 Å². The van der Waals surface area contributed by atoms with E-state index in [0.29, 0.717) is 51.5 Å². The van der Waals surface area contributed by atoms with Gasteiger partial charge in [0.1, 0.15) is 18.4 Å². The second-order valence-corrected chi connectivity index (χ2v) is 11.5. The maximum atomic E-state index is 12.9. The Kier molecular flexibility index (Phi) is 21.1. The number of hydrogen-bond acceptors (Lipinski definition) is 12. The number of rotatable bonds is 24. The highest BCUT2D eigenvalue weighted by Crippen LogP contribution is 2.35. The van der Waals surface area contributed by atoms with E-state index >= 15 is 0 Å². The Morgan fingerprint density at radius 1 is 0.848 bits per heavy atom. The average molecular weight is 683 g/mol. The molecule has 0 spiro atoms. The van der Waals surface area contributed by atoms with Crippen LogP contribution < -0.4 is 43.4 Å². The number of hydrogen-bond donors (Lipinski definition) is 11. The van der Waals surface area contributed by atoms with E-state index in [1.54, 1.807) is 0 Å². The van der Waals surface area contributed by atoms with Gasteiger partial charge in [-0.1, -0.05) is 0 Å². The fourth-order valence-electron chi connectivity index (χ4n) is 3.64. The minimum atomic E-state index is -5.10. The van der Waals surface area contributed by atoms with Crippen molar-refractivity contribution in [2.45, 2.75) is 82.6 Å². The summed E-state index contributed by atoms with van der Waals surface area (Å²) < 4.78 is 15.6. The molecule has 0 fully saturated rings. The molecule has 0 aromatic carbocycles. The van der Waals surface area contributed by atoms with Crippen LogP contribution in [0.15, 0.2) is 0 Å². The SMILES string of the molecule is CC(=O)NCCCC[C@H](N)C(=O)N[C@@H](COP(=O)(O)O)C(=O)N[C@H](C(=O)NCC(=O)NCC(=O)N[C@H](C=O)CCCCN)[C@@H](C)O. The number of carbonyl (C=O) groups is 7. The zero-order valence-electron chi connectivity index (χ0n) is 25.9. The third-order valence-electron chi connectivity index (χ3n) is 6.11. The van der Waals surface area contributed by atoms with Crippen molar-refractivity contribution in [3.05, 3.63) is 0 Å². The molecular formula is C25H47N8O12P. The molecular weight excluding hydrogens is 635 g/mol. The number of aliphatic hydroxyl groups excluding tert-OH is 1. The fourth-order valence-corrected chi connectivity index (χ4v) is 3.98. The topological polar surface area (TPSA) is 331 Å². The molecule has 0 aromatic rings. The lowest BCUT2D eigenvalue weighted by atomic mass is 10.1. The summed E-state index contributed by atoms with van der Waals surface area (Å²) in [5, 5.41) is 23.8. The molecule has 13 N–H and O–H groups in total. The normalized spacial score (nSPS) is 14.4. The van der Waals surface area contributed by atoms with Crippen molar-refractivity contribution >= 4 is 49.6 Å². The molecule has 0 aliphatic heterocycles. The van der Waals surface area contributed by atoms with Gasteiger partial charge in [-0.3, -0.25) is 33.3 Å². The molecule has 0 rings (SSSR count). The summed E-state index contributed by atoms with van der Waals surface area (Å²) in [6.45, 7) is 1.03. The number of aldehydes is 1. The zero-order chi connectivity index (χ0) is 35.3. The number of carbonyl (C=O) groups excluding carboxylic acids is 7. The maximum Gasteiger partial charge on any atom is 0.469 e. The molecule has 0 heterocycles. The molecule has 0 unspecified atom stereocenters. The first-order valence-corrected chi connectivity index (χ1v) is 16.0. The van der Waals surface area contributed by atoms with E-state index in [0.717, 1.165) is 6.92 Å². The molecule has 5 atom stereocenters. The summed E-state index contributed by atoms with van der Waals surface area (Å²) in [4.78, 5) is 102. The van der Waals surface area contributed by atoms with E-state index in [1.165, 1.54) is 6.92 Å². The summed E-state index contributed by atoms with van der Waals surface area (Å²) in [6.07, 6.45) is 1.70.